The first-order valence-electron chi connectivity index (χ1n) is 6.98. The summed E-state index contributed by atoms with van der Waals surface area (Å²) in [6, 6.07) is 2.16. The van der Waals surface area contributed by atoms with Crippen molar-refractivity contribution in [3.05, 3.63) is 0 Å². The molecule has 0 aliphatic rings. The van der Waals surface area contributed by atoms with Crippen LogP contribution in [0.1, 0.15) is 59.3 Å². The topological polar surface area (TPSA) is 53.0 Å². The minimum absolute atomic E-state index is 0.652. The fourth-order valence-corrected chi connectivity index (χ4v) is 1.82. The van der Waals surface area contributed by atoms with Crippen LogP contribution in [0.3, 0.4) is 0 Å². The Morgan fingerprint density at radius 2 is 1.53 bits per heavy atom. The molecule has 0 amide bonds. The number of rotatable bonds is 10. The van der Waals surface area contributed by atoms with E-state index in [-0.39, 0.29) is 0 Å². The van der Waals surface area contributed by atoms with E-state index in [1.165, 1.54) is 38.8 Å². The Morgan fingerprint density at radius 3 is 1.94 bits per heavy atom. The van der Waals surface area contributed by atoms with Crippen molar-refractivity contribution in [3.63, 3.8) is 0 Å². The molecule has 0 fully saturated rings. The largest absolute Gasteiger partial charge is 0.314 e. The van der Waals surface area contributed by atoms with E-state index in [4.69, 9.17) is 11.0 Å². The van der Waals surface area contributed by atoms with E-state index < -0.39 is 5.54 Å². The van der Waals surface area contributed by atoms with E-state index in [1.807, 2.05) is 6.92 Å². The molecular weight excluding hydrogens is 210 g/mol. The first kappa shape index (κ1) is 16.4. The third-order valence-corrected chi connectivity index (χ3v) is 3.08. The molecule has 0 aliphatic heterocycles. The van der Waals surface area contributed by atoms with E-state index in [2.05, 4.69) is 24.8 Å². The lowest BCUT2D eigenvalue weighted by Gasteiger charge is -2.23. The Hall–Kier alpha value is -0.590. The molecule has 0 aromatic rings. The highest BCUT2D eigenvalue weighted by Crippen LogP contribution is 2.09. The lowest BCUT2D eigenvalue weighted by atomic mass is 9.99. The van der Waals surface area contributed by atoms with Crippen LogP contribution in [0.25, 0.3) is 0 Å². The van der Waals surface area contributed by atoms with Gasteiger partial charge in [-0.25, -0.2) is 0 Å². The second-order valence-electron chi connectivity index (χ2n) is 5.18. The Morgan fingerprint density at radius 1 is 1.06 bits per heavy atom. The van der Waals surface area contributed by atoms with Crippen LogP contribution in [0.4, 0.5) is 0 Å². The van der Waals surface area contributed by atoms with Gasteiger partial charge in [-0.15, -0.1) is 0 Å². The van der Waals surface area contributed by atoms with Crippen molar-refractivity contribution in [1.82, 2.24) is 4.90 Å². The van der Waals surface area contributed by atoms with Gasteiger partial charge in [0, 0.05) is 0 Å². The van der Waals surface area contributed by atoms with Crippen LogP contribution in [-0.4, -0.2) is 30.1 Å². The molecule has 1 atom stereocenters. The summed E-state index contributed by atoms with van der Waals surface area (Å²) in [5.41, 5.74) is 5.17. The maximum absolute atomic E-state index is 8.85. The molecular formula is C14H29N3. The second kappa shape index (κ2) is 9.44. The molecule has 0 aliphatic carbocycles. The zero-order chi connectivity index (χ0) is 13.1. The fourth-order valence-electron chi connectivity index (χ4n) is 1.82. The molecule has 0 bridgehead atoms. The van der Waals surface area contributed by atoms with E-state index in [0.717, 1.165) is 19.4 Å². The van der Waals surface area contributed by atoms with Gasteiger partial charge in [-0.2, -0.15) is 5.26 Å². The molecule has 0 aromatic heterocycles. The van der Waals surface area contributed by atoms with Gasteiger partial charge < -0.3 is 10.6 Å². The van der Waals surface area contributed by atoms with Crippen LogP contribution in [-0.2, 0) is 0 Å². The third kappa shape index (κ3) is 9.14. The Balaban J connectivity index is 3.86. The maximum atomic E-state index is 8.85. The summed E-state index contributed by atoms with van der Waals surface area (Å²) in [6.07, 6.45) is 6.83. The summed E-state index contributed by atoms with van der Waals surface area (Å²) >= 11 is 0. The zero-order valence-corrected chi connectivity index (χ0v) is 11.8. The Labute approximate surface area is 107 Å². The maximum Gasteiger partial charge on any atom is 0.101 e. The molecule has 2 N–H and O–H groups in total. The summed E-state index contributed by atoms with van der Waals surface area (Å²) in [5, 5.41) is 8.85. The van der Waals surface area contributed by atoms with E-state index in [0.29, 0.717) is 0 Å². The minimum atomic E-state index is -0.652. The van der Waals surface area contributed by atoms with Crippen molar-refractivity contribution in [2.45, 2.75) is 64.8 Å². The summed E-state index contributed by atoms with van der Waals surface area (Å²) in [7, 11) is 0. The van der Waals surface area contributed by atoms with Crippen LogP contribution < -0.4 is 5.73 Å². The quantitative estimate of drug-likeness (QED) is 0.638. The number of hydrogen-bond donors (Lipinski definition) is 1. The van der Waals surface area contributed by atoms with Crippen molar-refractivity contribution in [2.75, 3.05) is 19.6 Å². The molecule has 0 heterocycles. The standard InChI is InChI=1S/C14H29N3/c1-4-6-10-17(11-7-5-2)12-8-9-14(3,16)13-15/h4-12,16H2,1-3H3. The average molecular weight is 239 g/mol. The van der Waals surface area contributed by atoms with Gasteiger partial charge in [0.05, 0.1) is 6.07 Å². The molecule has 0 aromatic carbocycles. The molecule has 1 unspecified atom stereocenters. The van der Waals surface area contributed by atoms with Crippen molar-refractivity contribution in [3.8, 4) is 6.07 Å². The van der Waals surface area contributed by atoms with E-state index >= 15 is 0 Å². The number of nitrogens with two attached hydrogens (primary N) is 1. The predicted octanol–water partition coefficient (Wildman–Crippen LogP) is 2.91. The van der Waals surface area contributed by atoms with Crippen molar-refractivity contribution >= 4 is 0 Å². The minimum Gasteiger partial charge on any atom is -0.314 e. The van der Waals surface area contributed by atoms with Gasteiger partial charge in [0.1, 0.15) is 5.54 Å². The molecule has 3 heteroatoms. The van der Waals surface area contributed by atoms with Gasteiger partial charge in [0.15, 0.2) is 0 Å². The number of nitrogens with zero attached hydrogens (tertiary/aromatic N) is 2. The van der Waals surface area contributed by atoms with Gasteiger partial charge in [-0.1, -0.05) is 26.7 Å². The van der Waals surface area contributed by atoms with Crippen LogP contribution >= 0.6 is 0 Å². The number of nitriles is 1. The first-order chi connectivity index (χ1) is 8.05. The summed E-state index contributed by atoms with van der Waals surface area (Å²) < 4.78 is 0. The smallest absolute Gasteiger partial charge is 0.101 e. The highest BCUT2D eigenvalue weighted by atomic mass is 15.1. The Bertz CT molecular complexity index is 210. The number of unbranched alkanes of at least 4 members (excludes halogenated alkanes) is 2. The van der Waals surface area contributed by atoms with Crippen LogP contribution in [0.2, 0.25) is 0 Å². The lowest BCUT2D eigenvalue weighted by molar-refractivity contribution is 0.254. The van der Waals surface area contributed by atoms with Gasteiger partial charge >= 0.3 is 0 Å². The molecule has 17 heavy (non-hydrogen) atoms. The second-order valence-corrected chi connectivity index (χ2v) is 5.18. The molecule has 0 saturated carbocycles. The molecule has 0 saturated heterocycles. The molecule has 0 radical (unpaired) electrons. The first-order valence-corrected chi connectivity index (χ1v) is 6.98. The highest BCUT2D eigenvalue weighted by Gasteiger charge is 2.16. The van der Waals surface area contributed by atoms with Crippen molar-refractivity contribution in [2.24, 2.45) is 5.73 Å². The zero-order valence-electron chi connectivity index (χ0n) is 11.8. The van der Waals surface area contributed by atoms with Crippen LogP contribution in [0, 0.1) is 11.3 Å². The summed E-state index contributed by atoms with van der Waals surface area (Å²) in [6.45, 7) is 9.72. The summed E-state index contributed by atoms with van der Waals surface area (Å²) in [4.78, 5) is 2.51. The Kier molecular flexibility index (Phi) is 9.11. The number of hydrogen-bond acceptors (Lipinski definition) is 3. The molecule has 0 spiro atoms. The van der Waals surface area contributed by atoms with Crippen LogP contribution in [0.15, 0.2) is 0 Å². The van der Waals surface area contributed by atoms with Gasteiger partial charge in [-0.05, 0) is 52.2 Å². The predicted molar refractivity (Wildman–Crippen MR) is 73.7 cm³/mol. The van der Waals surface area contributed by atoms with Crippen molar-refractivity contribution in [1.29, 1.82) is 5.26 Å². The normalized spacial score (nSPS) is 14.6. The SMILES string of the molecule is CCCCN(CCCC)CCCC(C)(N)C#N. The molecule has 100 valence electrons. The van der Waals surface area contributed by atoms with Gasteiger partial charge in [0.2, 0.25) is 0 Å². The fraction of sp³-hybridized carbons (Fsp3) is 0.929. The lowest BCUT2D eigenvalue weighted by Crippen LogP contribution is -2.35. The molecule has 0 rings (SSSR count). The summed E-state index contributed by atoms with van der Waals surface area (Å²) in [5.74, 6) is 0. The van der Waals surface area contributed by atoms with Crippen LogP contribution in [0.5, 0.6) is 0 Å². The third-order valence-electron chi connectivity index (χ3n) is 3.08. The van der Waals surface area contributed by atoms with Crippen molar-refractivity contribution < 1.29 is 0 Å². The van der Waals surface area contributed by atoms with Gasteiger partial charge in [-0.3, -0.25) is 0 Å². The van der Waals surface area contributed by atoms with E-state index in [9.17, 15) is 0 Å². The molecule has 3 nitrogen and oxygen atoms in total. The monoisotopic (exact) mass is 239 g/mol. The van der Waals surface area contributed by atoms with E-state index in [1.54, 1.807) is 0 Å². The average Bonchev–Trinajstić information content (AvgIpc) is 2.31. The van der Waals surface area contributed by atoms with Gasteiger partial charge in [0.25, 0.3) is 0 Å². The highest BCUT2D eigenvalue weighted by molar-refractivity contribution is 5.00.